The maximum absolute atomic E-state index is 10.5. The van der Waals surface area contributed by atoms with Gasteiger partial charge in [-0.15, -0.1) is 0 Å². The molecule has 2 heterocycles. The highest BCUT2D eigenvalue weighted by Crippen LogP contribution is 2.33. The first-order valence-corrected chi connectivity index (χ1v) is 14.6. The second-order valence-electron chi connectivity index (χ2n) is 9.65. The van der Waals surface area contributed by atoms with Gasteiger partial charge in [-0.05, 0) is 66.8 Å². The van der Waals surface area contributed by atoms with Crippen LogP contribution in [-0.4, -0.2) is 40.2 Å². The normalized spacial score (nSPS) is 17.4. The molecule has 0 amide bonds. The van der Waals surface area contributed by atoms with Gasteiger partial charge in [0.15, 0.2) is 0 Å². The lowest BCUT2D eigenvalue weighted by molar-refractivity contribution is 0.0786. The summed E-state index contributed by atoms with van der Waals surface area (Å²) >= 11 is 0. The van der Waals surface area contributed by atoms with Crippen molar-refractivity contribution in [2.24, 2.45) is 0 Å². The van der Waals surface area contributed by atoms with Gasteiger partial charge in [-0.1, -0.05) is 31.6 Å². The third-order valence-corrected chi connectivity index (χ3v) is 7.53. The van der Waals surface area contributed by atoms with E-state index >= 15 is 0 Å². The predicted molar refractivity (Wildman–Crippen MR) is 122 cm³/mol. The van der Waals surface area contributed by atoms with Gasteiger partial charge in [0.1, 0.15) is 18.0 Å². The van der Waals surface area contributed by atoms with E-state index in [-0.39, 0.29) is 0 Å². The molecule has 2 aromatic rings. The highest BCUT2D eigenvalue weighted by molar-refractivity contribution is 6.76. The summed E-state index contributed by atoms with van der Waals surface area (Å²) in [5, 5.41) is 15.0. The fourth-order valence-corrected chi connectivity index (χ4v) is 4.69. The Hall–Kier alpha value is -2.20. The van der Waals surface area contributed by atoms with Crippen molar-refractivity contribution in [1.82, 2.24) is 14.8 Å². The fraction of sp³-hybridized carbons (Fsp3) is 0.500. The number of hydrogen-bond acceptors (Lipinski definition) is 4. The van der Waals surface area contributed by atoms with Gasteiger partial charge in [0.2, 0.25) is 0 Å². The van der Waals surface area contributed by atoms with Crippen molar-refractivity contribution < 1.29 is 9.84 Å². The number of aromatic nitrogens is 3. The SMILES string of the molecule is C[Si](C)(C)CCOCn1cc(C2=CCc3cnc(C#CC4(O)CCCC4)cc32)cn1. The quantitative estimate of drug-likeness (QED) is 0.431. The van der Waals surface area contributed by atoms with Crippen LogP contribution >= 0.6 is 0 Å². The van der Waals surface area contributed by atoms with Crippen molar-refractivity contribution in [3.63, 3.8) is 0 Å². The van der Waals surface area contributed by atoms with E-state index in [4.69, 9.17) is 4.74 Å². The molecular formula is C24H31N3O2Si. The second-order valence-corrected chi connectivity index (χ2v) is 15.3. The number of fused-ring (bicyclic) bond motifs is 1. The van der Waals surface area contributed by atoms with E-state index in [9.17, 15) is 5.11 Å². The molecule has 1 saturated carbocycles. The molecule has 0 aromatic carbocycles. The summed E-state index contributed by atoms with van der Waals surface area (Å²) in [5.74, 6) is 6.16. The van der Waals surface area contributed by atoms with Crippen LogP contribution in [0, 0.1) is 11.8 Å². The number of ether oxygens (including phenoxy) is 1. The Morgan fingerprint density at radius 2 is 2.03 bits per heavy atom. The summed E-state index contributed by atoms with van der Waals surface area (Å²) in [7, 11) is -1.07. The molecule has 30 heavy (non-hydrogen) atoms. The van der Waals surface area contributed by atoms with Crippen LogP contribution in [0.3, 0.4) is 0 Å². The minimum atomic E-state index is -1.07. The van der Waals surface area contributed by atoms with Crippen LogP contribution in [0.25, 0.3) is 5.57 Å². The lowest BCUT2D eigenvalue weighted by atomic mass is 10.0. The zero-order valence-corrected chi connectivity index (χ0v) is 19.2. The van der Waals surface area contributed by atoms with Crippen LogP contribution in [0.5, 0.6) is 0 Å². The van der Waals surface area contributed by atoms with Crippen LogP contribution in [0.2, 0.25) is 25.7 Å². The lowest BCUT2D eigenvalue weighted by Gasteiger charge is -2.15. The third kappa shape index (κ3) is 5.09. The first-order valence-electron chi connectivity index (χ1n) is 10.9. The average molecular weight is 422 g/mol. The molecule has 0 unspecified atom stereocenters. The van der Waals surface area contributed by atoms with Crippen molar-refractivity contribution in [2.45, 2.75) is 70.1 Å². The van der Waals surface area contributed by atoms with E-state index in [0.29, 0.717) is 12.4 Å². The van der Waals surface area contributed by atoms with Gasteiger partial charge in [0.05, 0.1) is 6.20 Å². The fourth-order valence-electron chi connectivity index (χ4n) is 3.94. The molecule has 6 heteroatoms. The molecule has 2 aromatic heterocycles. The molecule has 0 aliphatic heterocycles. The molecule has 2 aliphatic carbocycles. The predicted octanol–water partition coefficient (Wildman–Crippen LogP) is 4.23. The topological polar surface area (TPSA) is 60.2 Å². The molecule has 0 bridgehead atoms. The van der Waals surface area contributed by atoms with Crippen molar-refractivity contribution in [1.29, 1.82) is 0 Å². The Morgan fingerprint density at radius 1 is 1.23 bits per heavy atom. The Balaban J connectivity index is 1.44. The molecule has 0 spiro atoms. The Bertz CT molecular complexity index is 1000. The van der Waals surface area contributed by atoms with Gasteiger partial charge in [-0.2, -0.15) is 5.10 Å². The number of allylic oxidation sites excluding steroid dienone is 1. The number of pyridine rings is 1. The standard InChI is InChI=1S/C24H31N3O2Si/c1-30(2,3)13-12-29-18-27-17-20(16-26-27)22-7-6-19-15-25-21(14-23(19)22)8-11-24(28)9-4-5-10-24/h7,14-17,28H,4-6,9-10,12-13,18H2,1-3H3. The minimum Gasteiger partial charge on any atom is -0.378 e. The molecule has 1 N–H and O–H groups in total. The summed E-state index contributed by atoms with van der Waals surface area (Å²) in [4.78, 5) is 4.49. The van der Waals surface area contributed by atoms with E-state index in [1.807, 2.05) is 29.3 Å². The molecule has 0 saturated heterocycles. The number of rotatable bonds is 6. The maximum Gasteiger partial charge on any atom is 0.139 e. The number of aliphatic hydroxyl groups is 1. The van der Waals surface area contributed by atoms with E-state index in [1.165, 1.54) is 11.1 Å². The second kappa shape index (κ2) is 8.50. The van der Waals surface area contributed by atoms with E-state index in [0.717, 1.165) is 55.9 Å². The number of hydrogen-bond donors (Lipinski definition) is 1. The summed E-state index contributed by atoms with van der Waals surface area (Å²) in [6.07, 6.45) is 12.5. The molecule has 0 radical (unpaired) electrons. The lowest BCUT2D eigenvalue weighted by Crippen LogP contribution is -2.22. The summed E-state index contributed by atoms with van der Waals surface area (Å²) < 4.78 is 7.67. The Labute approximate surface area is 180 Å². The monoisotopic (exact) mass is 421 g/mol. The molecule has 0 atom stereocenters. The minimum absolute atomic E-state index is 0.482. The van der Waals surface area contributed by atoms with E-state index in [1.54, 1.807) is 0 Å². The summed E-state index contributed by atoms with van der Waals surface area (Å²) in [5.41, 5.74) is 4.49. The van der Waals surface area contributed by atoms with Crippen molar-refractivity contribution in [3.05, 3.63) is 53.1 Å². The van der Waals surface area contributed by atoms with Gasteiger partial charge in [-0.25, -0.2) is 9.67 Å². The zero-order chi connectivity index (χ0) is 21.2. The Morgan fingerprint density at radius 3 is 2.80 bits per heavy atom. The summed E-state index contributed by atoms with van der Waals surface area (Å²) in [6, 6.07) is 3.20. The molecule has 2 aliphatic rings. The molecule has 4 rings (SSSR count). The van der Waals surface area contributed by atoms with Crippen LogP contribution < -0.4 is 0 Å². The van der Waals surface area contributed by atoms with Crippen LogP contribution in [-0.2, 0) is 17.9 Å². The van der Waals surface area contributed by atoms with Crippen molar-refractivity contribution >= 4 is 13.6 Å². The van der Waals surface area contributed by atoms with E-state index in [2.05, 4.69) is 47.6 Å². The smallest absolute Gasteiger partial charge is 0.139 e. The van der Waals surface area contributed by atoms with Gasteiger partial charge in [0, 0.05) is 32.6 Å². The molecular weight excluding hydrogens is 390 g/mol. The van der Waals surface area contributed by atoms with Gasteiger partial charge in [-0.3, -0.25) is 0 Å². The third-order valence-electron chi connectivity index (χ3n) is 5.82. The number of nitrogens with zero attached hydrogens (tertiary/aromatic N) is 3. The first-order chi connectivity index (χ1) is 14.3. The van der Waals surface area contributed by atoms with Crippen LogP contribution in [0.4, 0.5) is 0 Å². The summed E-state index contributed by atoms with van der Waals surface area (Å²) in [6.45, 7) is 8.34. The van der Waals surface area contributed by atoms with Crippen molar-refractivity contribution in [2.75, 3.05) is 6.61 Å². The van der Waals surface area contributed by atoms with Crippen molar-refractivity contribution in [3.8, 4) is 11.8 Å². The largest absolute Gasteiger partial charge is 0.378 e. The molecule has 5 nitrogen and oxygen atoms in total. The van der Waals surface area contributed by atoms with E-state index < -0.39 is 13.7 Å². The van der Waals surface area contributed by atoms with Gasteiger partial charge < -0.3 is 9.84 Å². The molecule has 158 valence electrons. The highest BCUT2D eigenvalue weighted by Gasteiger charge is 2.28. The van der Waals surface area contributed by atoms with Gasteiger partial charge >= 0.3 is 0 Å². The van der Waals surface area contributed by atoms with Crippen LogP contribution in [0.15, 0.2) is 30.7 Å². The Kier molecular flexibility index (Phi) is 5.96. The van der Waals surface area contributed by atoms with Crippen LogP contribution in [0.1, 0.15) is 48.1 Å². The zero-order valence-electron chi connectivity index (χ0n) is 18.2. The van der Waals surface area contributed by atoms with Gasteiger partial charge in [0.25, 0.3) is 0 Å². The maximum atomic E-state index is 10.5. The highest BCUT2D eigenvalue weighted by atomic mass is 28.3. The first kappa shape index (κ1) is 21.0. The molecule has 1 fully saturated rings. The average Bonchev–Trinajstić information content (AvgIpc) is 3.42.